The molecule has 1 amide bonds. The minimum absolute atomic E-state index is 0.0974. The van der Waals surface area contributed by atoms with Crippen LogP contribution >= 0.6 is 0 Å². The third kappa shape index (κ3) is 3.84. The molecule has 21 heavy (non-hydrogen) atoms. The molecule has 9 nitrogen and oxygen atoms in total. The average molecular weight is 286 g/mol. The highest BCUT2D eigenvalue weighted by Crippen LogP contribution is 2.00. The molecular weight excluding hydrogens is 276 g/mol. The Morgan fingerprint density at radius 1 is 1.43 bits per heavy atom. The van der Waals surface area contributed by atoms with E-state index < -0.39 is 11.9 Å². The van der Waals surface area contributed by atoms with E-state index in [9.17, 15) is 9.59 Å². The fourth-order valence-corrected chi connectivity index (χ4v) is 1.49. The number of amides is 1. The van der Waals surface area contributed by atoms with Crippen molar-refractivity contribution in [2.45, 2.75) is 13.1 Å². The largest absolute Gasteiger partial charge is 0.480 e. The van der Waals surface area contributed by atoms with E-state index in [1.165, 1.54) is 24.5 Å². The number of rotatable bonds is 5. The van der Waals surface area contributed by atoms with Gasteiger partial charge >= 0.3 is 5.97 Å². The van der Waals surface area contributed by atoms with Gasteiger partial charge < -0.3 is 10.4 Å². The summed E-state index contributed by atoms with van der Waals surface area (Å²) in [6.45, 7) is -0.196. The first-order chi connectivity index (χ1) is 10.1. The number of aliphatic carboxylic acids is 1. The van der Waals surface area contributed by atoms with Gasteiger partial charge in [-0.2, -0.15) is 5.26 Å². The average Bonchev–Trinajstić information content (AvgIpc) is 2.91. The molecule has 9 heteroatoms. The zero-order chi connectivity index (χ0) is 15.2. The van der Waals surface area contributed by atoms with Gasteiger partial charge in [0.2, 0.25) is 0 Å². The predicted octanol–water partition coefficient (Wildman–Crippen LogP) is -0.441. The van der Waals surface area contributed by atoms with Crippen LogP contribution in [0.2, 0.25) is 0 Å². The van der Waals surface area contributed by atoms with Gasteiger partial charge in [-0.3, -0.25) is 9.59 Å². The molecule has 0 saturated heterocycles. The van der Waals surface area contributed by atoms with Crippen molar-refractivity contribution in [3.8, 4) is 6.07 Å². The molecule has 2 N–H and O–H groups in total. The van der Waals surface area contributed by atoms with E-state index in [-0.39, 0.29) is 18.8 Å². The predicted molar refractivity (Wildman–Crippen MR) is 67.8 cm³/mol. The maximum atomic E-state index is 11.8. The number of carboxylic acid groups (broad SMARTS) is 1. The number of nitrogens with zero attached hydrogens (tertiary/aromatic N) is 5. The van der Waals surface area contributed by atoms with Crippen LogP contribution in [0, 0.1) is 11.3 Å². The monoisotopic (exact) mass is 286 g/mol. The Bertz CT molecular complexity index is 701. The fourth-order valence-electron chi connectivity index (χ4n) is 1.49. The van der Waals surface area contributed by atoms with Crippen LogP contribution < -0.4 is 5.32 Å². The van der Waals surface area contributed by atoms with E-state index in [2.05, 4.69) is 20.6 Å². The highest BCUT2D eigenvalue weighted by atomic mass is 16.4. The van der Waals surface area contributed by atoms with E-state index in [1.54, 1.807) is 0 Å². The summed E-state index contributed by atoms with van der Waals surface area (Å²) in [6, 6.07) is 4.84. The Labute approximate surface area is 118 Å². The number of pyridine rings is 1. The van der Waals surface area contributed by atoms with Crippen LogP contribution in [0.1, 0.15) is 21.7 Å². The molecule has 0 atom stereocenters. The molecule has 2 aromatic heterocycles. The maximum Gasteiger partial charge on any atom is 0.325 e. The third-order valence-electron chi connectivity index (χ3n) is 2.44. The molecular formula is C12H10N6O3. The lowest BCUT2D eigenvalue weighted by molar-refractivity contribution is -0.137. The molecule has 106 valence electrons. The Morgan fingerprint density at radius 2 is 2.24 bits per heavy atom. The van der Waals surface area contributed by atoms with Crippen molar-refractivity contribution in [2.24, 2.45) is 0 Å². The second kappa shape index (κ2) is 6.25. The molecule has 0 aliphatic rings. The Hall–Kier alpha value is -3.28. The van der Waals surface area contributed by atoms with Crippen LogP contribution in [0.15, 0.2) is 24.5 Å². The van der Waals surface area contributed by atoms with Crippen LogP contribution in [0.5, 0.6) is 0 Å². The molecule has 0 bridgehead atoms. The van der Waals surface area contributed by atoms with Crippen molar-refractivity contribution in [3.05, 3.63) is 41.5 Å². The molecule has 0 radical (unpaired) electrons. The highest BCUT2D eigenvalue weighted by molar-refractivity contribution is 5.92. The summed E-state index contributed by atoms with van der Waals surface area (Å²) in [4.78, 5) is 26.1. The Kier molecular flexibility index (Phi) is 4.20. The number of nitrogens with one attached hydrogen (secondary N) is 1. The zero-order valence-electron chi connectivity index (χ0n) is 10.7. The van der Waals surface area contributed by atoms with Crippen LogP contribution in [-0.4, -0.2) is 37.0 Å². The van der Waals surface area contributed by atoms with Gasteiger partial charge in [0.1, 0.15) is 24.0 Å². The zero-order valence-corrected chi connectivity index (χ0v) is 10.7. The van der Waals surface area contributed by atoms with Crippen molar-refractivity contribution >= 4 is 11.9 Å². The smallest absolute Gasteiger partial charge is 0.325 e. The second-order valence-electron chi connectivity index (χ2n) is 4.03. The van der Waals surface area contributed by atoms with Gasteiger partial charge in [-0.1, -0.05) is 5.21 Å². The Morgan fingerprint density at radius 3 is 2.86 bits per heavy atom. The van der Waals surface area contributed by atoms with Gasteiger partial charge in [0.15, 0.2) is 0 Å². The molecule has 0 aromatic carbocycles. The summed E-state index contributed by atoms with van der Waals surface area (Å²) in [7, 11) is 0. The minimum Gasteiger partial charge on any atom is -0.480 e. The summed E-state index contributed by atoms with van der Waals surface area (Å²) < 4.78 is 1.16. The lowest BCUT2D eigenvalue weighted by atomic mass is 10.2. The van der Waals surface area contributed by atoms with E-state index >= 15 is 0 Å². The van der Waals surface area contributed by atoms with Crippen molar-refractivity contribution < 1.29 is 14.7 Å². The van der Waals surface area contributed by atoms with Gasteiger partial charge in [0, 0.05) is 6.20 Å². The van der Waals surface area contributed by atoms with Crippen LogP contribution in [0.4, 0.5) is 0 Å². The first kappa shape index (κ1) is 14.1. The van der Waals surface area contributed by atoms with E-state index in [4.69, 9.17) is 10.4 Å². The van der Waals surface area contributed by atoms with Crippen LogP contribution in [0.3, 0.4) is 0 Å². The lowest BCUT2D eigenvalue weighted by Gasteiger charge is -2.01. The van der Waals surface area contributed by atoms with E-state index in [1.807, 2.05) is 6.07 Å². The number of carbonyl (C=O) groups is 2. The topological polar surface area (TPSA) is 134 Å². The van der Waals surface area contributed by atoms with Crippen LogP contribution in [0.25, 0.3) is 0 Å². The normalized spacial score (nSPS) is 9.86. The number of nitriles is 1. The molecule has 0 spiro atoms. The quantitative estimate of drug-likeness (QED) is 0.760. The molecule has 2 heterocycles. The molecule has 0 unspecified atom stereocenters. The number of hydrogen-bond donors (Lipinski definition) is 2. The molecule has 2 rings (SSSR count). The fraction of sp³-hybridized carbons (Fsp3) is 0.167. The second-order valence-corrected chi connectivity index (χ2v) is 4.03. The first-order valence-electron chi connectivity index (χ1n) is 5.83. The van der Waals surface area contributed by atoms with Gasteiger partial charge in [0.05, 0.1) is 18.3 Å². The van der Waals surface area contributed by atoms with Crippen LogP contribution in [-0.2, 0) is 17.9 Å². The summed E-state index contributed by atoms with van der Waals surface area (Å²) in [6.07, 6.45) is 2.73. The third-order valence-corrected chi connectivity index (χ3v) is 2.44. The highest BCUT2D eigenvalue weighted by Gasteiger charge is 2.09. The lowest BCUT2D eigenvalue weighted by Crippen LogP contribution is -2.24. The molecule has 0 aliphatic carbocycles. The van der Waals surface area contributed by atoms with Crippen molar-refractivity contribution in [1.29, 1.82) is 5.26 Å². The van der Waals surface area contributed by atoms with Gasteiger partial charge in [-0.25, -0.2) is 9.67 Å². The number of carbonyl (C=O) groups excluding carboxylic acids is 1. The van der Waals surface area contributed by atoms with Crippen molar-refractivity contribution in [1.82, 2.24) is 25.3 Å². The summed E-state index contributed by atoms with van der Waals surface area (Å²) in [5.74, 6) is -1.45. The molecule has 0 fully saturated rings. The van der Waals surface area contributed by atoms with E-state index in [0.717, 1.165) is 4.68 Å². The number of hydrogen-bond acceptors (Lipinski definition) is 6. The van der Waals surface area contributed by atoms with E-state index in [0.29, 0.717) is 11.3 Å². The molecule has 2 aromatic rings. The first-order valence-corrected chi connectivity index (χ1v) is 5.83. The molecule has 0 aliphatic heterocycles. The summed E-state index contributed by atoms with van der Waals surface area (Å²) in [5, 5.41) is 27.1. The standard InChI is InChI=1S/C12H10N6O3/c13-3-8-1-2-10(14-4-8)12(21)15-5-9-6-18(17-16-9)7-11(19)20/h1-2,4,6H,5,7H2,(H,15,21)(H,19,20). The van der Waals surface area contributed by atoms with Crippen molar-refractivity contribution in [2.75, 3.05) is 0 Å². The number of aromatic nitrogens is 4. The minimum atomic E-state index is -1.03. The summed E-state index contributed by atoms with van der Waals surface area (Å²) >= 11 is 0. The number of carboxylic acids is 1. The van der Waals surface area contributed by atoms with Crippen molar-refractivity contribution in [3.63, 3.8) is 0 Å². The summed E-state index contributed by atoms with van der Waals surface area (Å²) in [5.41, 5.74) is 0.966. The van der Waals surface area contributed by atoms with Gasteiger partial charge in [0.25, 0.3) is 5.91 Å². The van der Waals surface area contributed by atoms with Gasteiger partial charge in [-0.05, 0) is 12.1 Å². The SMILES string of the molecule is N#Cc1ccc(C(=O)NCc2cn(CC(=O)O)nn2)nc1. The van der Waals surface area contributed by atoms with Gasteiger partial charge in [-0.15, -0.1) is 5.10 Å². The Balaban J connectivity index is 1.92. The molecule has 0 saturated carbocycles. The maximum absolute atomic E-state index is 11.8.